The van der Waals surface area contributed by atoms with Crippen molar-refractivity contribution in [3.8, 4) is 0 Å². The Balaban J connectivity index is 2.00. The smallest absolute Gasteiger partial charge is 0.159 e. The Bertz CT molecular complexity index is 529. The van der Waals surface area contributed by atoms with Crippen LogP contribution in [-0.4, -0.2) is 33.7 Å². The van der Waals surface area contributed by atoms with E-state index in [4.69, 9.17) is 0 Å². The summed E-state index contributed by atoms with van der Waals surface area (Å²) < 4.78 is 27.0. The molecule has 0 aromatic rings. The van der Waals surface area contributed by atoms with E-state index < -0.39 is 14.6 Å². The van der Waals surface area contributed by atoms with Crippen LogP contribution in [0.15, 0.2) is 0 Å². The van der Waals surface area contributed by atoms with E-state index >= 15 is 0 Å². The van der Waals surface area contributed by atoms with Gasteiger partial charge in [0.05, 0.1) is 0 Å². The average Bonchev–Trinajstić information content (AvgIpc) is 2.47. The van der Waals surface area contributed by atoms with Gasteiger partial charge in [-0.3, -0.25) is 10.2 Å². The van der Waals surface area contributed by atoms with Crippen LogP contribution in [0.5, 0.6) is 0 Å². The summed E-state index contributed by atoms with van der Waals surface area (Å²) in [6, 6.07) is 0. The lowest BCUT2D eigenvalue weighted by atomic mass is 9.83. The van der Waals surface area contributed by atoms with Crippen molar-refractivity contribution in [2.75, 3.05) is 13.1 Å². The van der Waals surface area contributed by atoms with E-state index in [1.54, 1.807) is 0 Å². The molecule has 2 aliphatic rings. The summed E-state index contributed by atoms with van der Waals surface area (Å²) in [5.74, 6) is 0.833. The molecule has 0 bridgehead atoms. The lowest BCUT2D eigenvalue weighted by Crippen LogP contribution is -2.62. The largest absolute Gasteiger partial charge is 0.306 e. The molecule has 0 amide bonds. The Morgan fingerprint density at radius 3 is 1.04 bits per heavy atom. The minimum Gasteiger partial charge on any atom is -0.306 e. The molecule has 0 spiro atoms. The van der Waals surface area contributed by atoms with Gasteiger partial charge in [-0.1, -0.05) is 69.2 Å². The third-order valence-corrected chi connectivity index (χ3v) is 17.7. The summed E-state index contributed by atoms with van der Waals surface area (Å²) in [6.45, 7) is 22.4. The summed E-state index contributed by atoms with van der Waals surface area (Å²) in [5, 5.41) is 6.03. The molecule has 142 valence electrons. The van der Waals surface area contributed by atoms with E-state index in [1.807, 2.05) is 0 Å². The second kappa shape index (κ2) is 5.44. The Kier molecular flexibility index (Phi) is 4.69. The summed E-state index contributed by atoms with van der Waals surface area (Å²) in [6.07, 6.45) is 0. The Hall–Kier alpha value is 0.380. The van der Waals surface area contributed by atoms with Crippen molar-refractivity contribution in [2.45, 2.75) is 89.9 Å². The van der Waals surface area contributed by atoms with Crippen LogP contribution < -0.4 is 10.2 Å². The van der Waals surface area contributed by atoms with Gasteiger partial charge >= 0.3 is 0 Å². The standard InChI is InChI=1S/C18H38N2O2P2/c1-13-15(3,4)23(21,16(13,5)6)19-11-12-20-24(22)17(7,8)14(2)18(24,9)10/h13-14H,11-12H2,1-10H3,(H,19,21)(H,20,22). The molecule has 0 aliphatic carbocycles. The topological polar surface area (TPSA) is 58.2 Å². The van der Waals surface area contributed by atoms with Crippen LogP contribution in [-0.2, 0) is 9.13 Å². The molecule has 0 saturated carbocycles. The molecule has 4 nitrogen and oxygen atoms in total. The highest BCUT2D eigenvalue weighted by molar-refractivity contribution is 7.67. The maximum atomic E-state index is 13.5. The Labute approximate surface area is 149 Å². The number of rotatable bonds is 5. The highest BCUT2D eigenvalue weighted by Gasteiger charge is 2.69. The first kappa shape index (κ1) is 20.7. The Morgan fingerprint density at radius 2 is 0.833 bits per heavy atom. The van der Waals surface area contributed by atoms with E-state index in [-0.39, 0.29) is 20.6 Å². The van der Waals surface area contributed by atoms with E-state index in [1.165, 1.54) is 0 Å². The molecule has 2 N–H and O–H groups in total. The van der Waals surface area contributed by atoms with Crippen LogP contribution in [0.4, 0.5) is 0 Å². The van der Waals surface area contributed by atoms with E-state index in [2.05, 4.69) is 79.4 Å². The van der Waals surface area contributed by atoms with Gasteiger partial charge < -0.3 is 9.13 Å². The fraction of sp³-hybridized carbons (Fsp3) is 1.00. The molecular formula is C18H38N2O2P2. The molecule has 0 atom stereocenters. The first-order chi connectivity index (χ1) is 10.5. The van der Waals surface area contributed by atoms with Crippen molar-refractivity contribution in [1.29, 1.82) is 0 Å². The highest BCUT2D eigenvalue weighted by atomic mass is 31.2. The molecule has 6 heteroatoms. The van der Waals surface area contributed by atoms with Crippen molar-refractivity contribution in [2.24, 2.45) is 11.8 Å². The minimum atomic E-state index is -2.48. The normalized spacial score (nSPS) is 44.4. The zero-order valence-corrected chi connectivity index (χ0v) is 19.1. The molecule has 24 heavy (non-hydrogen) atoms. The third kappa shape index (κ3) is 2.13. The predicted molar refractivity (Wildman–Crippen MR) is 106 cm³/mol. The second-order valence-electron chi connectivity index (χ2n) is 10.1. The van der Waals surface area contributed by atoms with Gasteiger partial charge in [0, 0.05) is 33.7 Å². The molecule has 2 heterocycles. The first-order valence-corrected chi connectivity index (χ1v) is 12.6. The van der Waals surface area contributed by atoms with Gasteiger partial charge in [0.15, 0.2) is 14.6 Å². The summed E-state index contributed by atoms with van der Waals surface area (Å²) in [7, 11) is -4.97. The van der Waals surface area contributed by atoms with Gasteiger partial charge in [-0.25, -0.2) is 0 Å². The molecule has 0 radical (unpaired) electrons. The number of hydrogen-bond donors (Lipinski definition) is 2. The van der Waals surface area contributed by atoms with Crippen LogP contribution >= 0.6 is 14.6 Å². The second-order valence-corrected chi connectivity index (χ2v) is 17.8. The van der Waals surface area contributed by atoms with E-state index in [9.17, 15) is 9.13 Å². The van der Waals surface area contributed by atoms with Crippen molar-refractivity contribution in [3.05, 3.63) is 0 Å². The van der Waals surface area contributed by atoms with Gasteiger partial charge in [-0.15, -0.1) is 0 Å². The average molecular weight is 376 g/mol. The fourth-order valence-corrected chi connectivity index (χ4v) is 13.9. The molecule has 2 rings (SSSR count). The zero-order chi connectivity index (χ0) is 19.0. The van der Waals surface area contributed by atoms with Crippen molar-refractivity contribution < 1.29 is 9.13 Å². The highest BCUT2D eigenvalue weighted by Crippen LogP contribution is 2.80. The van der Waals surface area contributed by atoms with Crippen molar-refractivity contribution in [1.82, 2.24) is 10.2 Å². The molecule has 0 aromatic heterocycles. The lowest BCUT2D eigenvalue weighted by Gasteiger charge is -2.63. The molecular weight excluding hydrogens is 338 g/mol. The summed E-state index contributed by atoms with van der Waals surface area (Å²) in [4.78, 5) is 0. The first-order valence-electron chi connectivity index (χ1n) is 9.22. The molecule has 2 fully saturated rings. The molecule has 0 unspecified atom stereocenters. The van der Waals surface area contributed by atoms with Gasteiger partial charge in [-0.2, -0.15) is 0 Å². The fourth-order valence-electron chi connectivity index (χ4n) is 5.41. The van der Waals surface area contributed by atoms with Crippen LogP contribution in [0.3, 0.4) is 0 Å². The quantitative estimate of drug-likeness (QED) is 0.515. The monoisotopic (exact) mass is 376 g/mol. The summed E-state index contributed by atoms with van der Waals surface area (Å²) in [5.41, 5.74) is 0. The van der Waals surface area contributed by atoms with E-state index in [0.29, 0.717) is 24.9 Å². The Morgan fingerprint density at radius 1 is 0.625 bits per heavy atom. The van der Waals surface area contributed by atoms with E-state index in [0.717, 1.165) is 0 Å². The minimum absolute atomic E-state index is 0.176. The molecule has 2 saturated heterocycles. The maximum absolute atomic E-state index is 13.5. The predicted octanol–water partition coefficient (Wildman–Crippen LogP) is 5.14. The number of nitrogens with one attached hydrogen (secondary N) is 2. The molecule has 2 aliphatic heterocycles. The zero-order valence-electron chi connectivity index (χ0n) is 17.3. The summed E-state index contributed by atoms with van der Waals surface area (Å²) >= 11 is 0. The van der Waals surface area contributed by atoms with Crippen LogP contribution in [0.2, 0.25) is 0 Å². The van der Waals surface area contributed by atoms with Gasteiger partial charge in [-0.05, 0) is 11.8 Å². The van der Waals surface area contributed by atoms with Gasteiger partial charge in [0.2, 0.25) is 0 Å². The van der Waals surface area contributed by atoms with Crippen LogP contribution in [0.25, 0.3) is 0 Å². The SMILES string of the molecule is CC1C(C)(C)P(=O)(NCCNP2(=O)C(C)(C)C(C)C2(C)C)C1(C)C. The molecule has 0 aromatic carbocycles. The van der Waals surface area contributed by atoms with Gasteiger partial charge in [0.1, 0.15) is 0 Å². The lowest BCUT2D eigenvalue weighted by molar-refractivity contribution is 0.259. The maximum Gasteiger partial charge on any atom is 0.159 e. The van der Waals surface area contributed by atoms with Crippen molar-refractivity contribution in [3.63, 3.8) is 0 Å². The van der Waals surface area contributed by atoms with Crippen LogP contribution in [0, 0.1) is 11.8 Å². The van der Waals surface area contributed by atoms with Crippen molar-refractivity contribution >= 4 is 14.6 Å². The number of hydrogen-bond acceptors (Lipinski definition) is 2. The van der Waals surface area contributed by atoms with Gasteiger partial charge in [0.25, 0.3) is 0 Å². The third-order valence-electron chi connectivity index (χ3n) is 8.28. The van der Waals surface area contributed by atoms with Crippen LogP contribution in [0.1, 0.15) is 69.2 Å².